The van der Waals surface area contributed by atoms with Crippen molar-refractivity contribution in [3.63, 3.8) is 0 Å². The van der Waals surface area contributed by atoms with Gasteiger partial charge in [-0.05, 0) is 12.8 Å². The van der Waals surface area contributed by atoms with Crippen molar-refractivity contribution in [2.24, 2.45) is 0 Å². The number of unbranched alkanes of at least 4 members (excludes halogenated alkanes) is 8. The zero-order valence-corrected chi connectivity index (χ0v) is 13.5. The SMILES string of the molecule is CCCCCCCCCCOP(=O)([O-])OCCCC. The fourth-order valence-electron chi connectivity index (χ4n) is 1.77. The molecule has 0 fully saturated rings. The molecule has 0 aliphatic rings. The zero-order valence-electron chi connectivity index (χ0n) is 12.6. The molecule has 0 aliphatic heterocycles. The number of hydrogen-bond donors (Lipinski definition) is 0. The highest BCUT2D eigenvalue weighted by Gasteiger charge is 2.07. The molecule has 1 atom stereocenters. The monoisotopic (exact) mass is 293 g/mol. The molecule has 0 amide bonds. The fraction of sp³-hybridized carbons (Fsp3) is 1.00. The lowest BCUT2D eigenvalue weighted by atomic mass is 10.1. The molecule has 19 heavy (non-hydrogen) atoms. The molecule has 0 radical (unpaired) electrons. The van der Waals surface area contributed by atoms with Gasteiger partial charge in [-0.15, -0.1) is 0 Å². The topological polar surface area (TPSA) is 58.6 Å². The van der Waals surface area contributed by atoms with Crippen LogP contribution in [0.5, 0.6) is 0 Å². The molecule has 0 aromatic rings. The van der Waals surface area contributed by atoms with E-state index in [4.69, 9.17) is 9.05 Å². The third kappa shape index (κ3) is 14.3. The Hall–Kier alpha value is 0.110. The van der Waals surface area contributed by atoms with Gasteiger partial charge in [-0.2, -0.15) is 0 Å². The van der Waals surface area contributed by atoms with Crippen molar-refractivity contribution in [2.75, 3.05) is 13.2 Å². The van der Waals surface area contributed by atoms with Crippen molar-refractivity contribution < 1.29 is 18.5 Å². The zero-order chi connectivity index (χ0) is 14.4. The average molecular weight is 293 g/mol. The molecule has 0 saturated heterocycles. The highest BCUT2D eigenvalue weighted by molar-refractivity contribution is 7.45. The van der Waals surface area contributed by atoms with Crippen molar-refractivity contribution in [3.05, 3.63) is 0 Å². The number of hydrogen-bond acceptors (Lipinski definition) is 4. The minimum absolute atomic E-state index is 0.231. The molecule has 0 saturated carbocycles. The Morgan fingerprint density at radius 3 is 1.68 bits per heavy atom. The van der Waals surface area contributed by atoms with Crippen LogP contribution in [0, 0.1) is 0 Å². The standard InChI is InChI=1S/C14H31O4P/c1-3-5-7-8-9-10-11-12-14-18-19(15,16)17-13-6-4-2/h3-14H2,1-2H3,(H,15,16)/p-1. The van der Waals surface area contributed by atoms with E-state index in [1.807, 2.05) is 6.92 Å². The van der Waals surface area contributed by atoms with Gasteiger partial charge in [-0.3, -0.25) is 4.57 Å². The van der Waals surface area contributed by atoms with E-state index in [-0.39, 0.29) is 13.2 Å². The minimum Gasteiger partial charge on any atom is -0.756 e. The molecular weight excluding hydrogens is 263 g/mol. The number of phosphoric acid groups is 1. The summed E-state index contributed by atoms with van der Waals surface area (Å²) in [6.45, 7) is 4.68. The maximum absolute atomic E-state index is 11.3. The first-order chi connectivity index (χ1) is 9.12. The quantitative estimate of drug-likeness (QED) is 0.351. The Morgan fingerprint density at radius 1 is 0.737 bits per heavy atom. The summed E-state index contributed by atoms with van der Waals surface area (Å²) in [5.41, 5.74) is 0. The maximum Gasteiger partial charge on any atom is 0.267 e. The van der Waals surface area contributed by atoms with Gasteiger partial charge in [-0.25, -0.2) is 0 Å². The average Bonchev–Trinajstić information content (AvgIpc) is 2.37. The smallest absolute Gasteiger partial charge is 0.267 e. The summed E-state index contributed by atoms with van der Waals surface area (Å²) in [7, 11) is -4.04. The predicted molar refractivity (Wildman–Crippen MR) is 77.0 cm³/mol. The summed E-state index contributed by atoms with van der Waals surface area (Å²) in [5, 5.41) is 0. The van der Waals surface area contributed by atoms with Crippen molar-refractivity contribution >= 4 is 7.82 Å². The van der Waals surface area contributed by atoms with E-state index < -0.39 is 7.82 Å². The van der Waals surface area contributed by atoms with Crippen molar-refractivity contribution in [1.82, 2.24) is 0 Å². The summed E-state index contributed by atoms with van der Waals surface area (Å²) >= 11 is 0. The van der Waals surface area contributed by atoms with Gasteiger partial charge in [0.1, 0.15) is 0 Å². The Morgan fingerprint density at radius 2 is 1.16 bits per heavy atom. The highest BCUT2D eigenvalue weighted by atomic mass is 31.2. The maximum atomic E-state index is 11.3. The molecule has 0 heterocycles. The molecular formula is C14H30O4P-. The molecule has 0 rings (SSSR count). The molecule has 116 valence electrons. The van der Waals surface area contributed by atoms with Gasteiger partial charge in [0.2, 0.25) is 0 Å². The Labute approximate surface area is 118 Å². The third-order valence-corrected chi connectivity index (χ3v) is 3.99. The van der Waals surface area contributed by atoms with Crippen molar-refractivity contribution in [3.8, 4) is 0 Å². The van der Waals surface area contributed by atoms with E-state index in [1.165, 1.54) is 32.1 Å². The molecule has 1 unspecified atom stereocenters. The van der Waals surface area contributed by atoms with Crippen LogP contribution in [0.3, 0.4) is 0 Å². The Kier molecular flexibility index (Phi) is 13.2. The van der Waals surface area contributed by atoms with Crippen LogP contribution in [0.25, 0.3) is 0 Å². The first kappa shape index (κ1) is 19.1. The van der Waals surface area contributed by atoms with Crippen LogP contribution in [0.4, 0.5) is 0 Å². The summed E-state index contributed by atoms with van der Waals surface area (Å²) in [4.78, 5) is 11.3. The van der Waals surface area contributed by atoms with E-state index in [9.17, 15) is 9.46 Å². The summed E-state index contributed by atoms with van der Waals surface area (Å²) in [6, 6.07) is 0. The summed E-state index contributed by atoms with van der Waals surface area (Å²) in [6.07, 6.45) is 11.1. The van der Waals surface area contributed by atoms with Gasteiger partial charge in [0.05, 0.1) is 13.2 Å². The molecule has 0 bridgehead atoms. The second kappa shape index (κ2) is 13.1. The Balaban J connectivity index is 3.30. The van der Waals surface area contributed by atoms with Crippen LogP contribution in [0.1, 0.15) is 78.1 Å². The molecule has 0 spiro atoms. The predicted octanol–water partition coefficient (Wildman–Crippen LogP) is 4.43. The summed E-state index contributed by atoms with van der Waals surface area (Å²) < 4.78 is 20.8. The van der Waals surface area contributed by atoms with E-state index >= 15 is 0 Å². The molecule has 0 aromatic carbocycles. The first-order valence-corrected chi connectivity index (χ1v) is 9.18. The van der Waals surface area contributed by atoms with Gasteiger partial charge in [0.25, 0.3) is 7.82 Å². The van der Waals surface area contributed by atoms with E-state index in [1.54, 1.807) is 0 Å². The first-order valence-electron chi connectivity index (χ1n) is 7.72. The van der Waals surface area contributed by atoms with Crippen LogP contribution < -0.4 is 4.89 Å². The molecule has 0 aromatic heterocycles. The minimum atomic E-state index is -4.04. The summed E-state index contributed by atoms with van der Waals surface area (Å²) in [5.74, 6) is 0. The lowest BCUT2D eigenvalue weighted by Gasteiger charge is -2.22. The van der Waals surface area contributed by atoms with Gasteiger partial charge in [-0.1, -0.05) is 65.2 Å². The van der Waals surface area contributed by atoms with Crippen LogP contribution >= 0.6 is 7.82 Å². The lowest BCUT2D eigenvalue weighted by molar-refractivity contribution is -0.225. The Bertz CT molecular complexity index is 233. The van der Waals surface area contributed by atoms with Gasteiger partial charge >= 0.3 is 0 Å². The van der Waals surface area contributed by atoms with Crippen LogP contribution in [0.15, 0.2) is 0 Å². The number of rotatable bonds is 14. The molecule has 0 aliphatic carbocycles. The van der Waals surface area contributed by atoms with Gasteiger partial charge in [0, 0.05) is 0 Å². The van der Waals surface area contributed by atoms with Crippen LogP contribution in [-0.2, 0) is 13.6 Å². The fourth-order valence-corrected chi connectivity index (χ4v) is 2.55. The van der Waals surface area contributed by atoms with E-state index in [0.29, 0.717) is 0 Å². The van der Waals surface area contributed by atoms with E-state index in [2.05, 4.69) is 6.92 Å². The molecule has 5 heteroatoms. The second-order valence-electron chi connectivity index (χ2n) is 4.94. The third-order valence-electron chi connectivity index (χ3n) is 2.99. The highest BCUT2D eigenvalue weighted by Crippen LogP contribution is 2.38. The number of phosphoric ester groups is 1. The lowest BCUT2D eigenvalue weighted by Crippen LogP contribution is -2.09. The normalized spacial score (nSPS) is 14.5. The molecule has 0 N–H and O–H groups in total. The van der Waals surface area contributed by atoms with Crippen molar-refractivity contribution in [2.45, 2.75) is 78.1 Å². The van der Waals surface area contributed by atoms with E-state index in [0.717, 1.165) is 32.1 Å². The van der Waals surface area contributed by atoms with Gasteiger partial charge in [0.15, 0.2) is 0 Å². The second-order valence-corrected chi connectivity index (χ2v) is 6.35. The van der Waals surface area contributed by atoms with Crippen molar-refractivity contribution in [1.29, 1.82) is 0 Å². The van der Waals surface area contributed by atoms with Crippen LogP contribution in [0.2, 0.25) is 0 Å². The molecule has 4 nitrogen and oxygen atoms in total. The van der Waals surface area contributed by atoms with Gasteiger partial charge < -0.3 is 13.9 Å². The largest absolute Gasteiger partial charge is 0.756 e. The van der Waals surface area contributed by atoms with Crippen LogP contribution in [-0.4, -0.2) is 13.2 Å².